The van der Waals surface area contributed by atoms with E-state index in [2.05, 4.69) is 15.2 Å². The molecule has 0 radical (unpaired) electrons. The van der Waals surface area contributed by atoms with Crippen molar-refractivity contribution >= 4 is 29.2 Å². The molecule has 0 spiro atoms. The molecule has 3 rings (SSSR count). The Morgan fingerprint density at radius 3 is 2.24 bits per heavy atom. The molecule has 0 atom stereocenters. The molecule has 6 nitrogen and oxygen atoms in total. The molecule has 0 bridgehead atoms. The summed E-state index contributed by atoms with van der Waals surface area (Å²) in [6.45, 7) is 0. The predicted octanol–water partition coefficient (Wildman–Crippen LogP) is 4.58. The molecule has 2 aromatic carbocycles. The summed E-state index contributed by atoms with van der Waals surface area (Å²) < 4.78 is 46.2. The van der Waals surface area contributed by atoms with Gasteiger partial charge in [0.25, 0.3) is 5.91 Å². The lowest BCUT2D eigenvalue weighted by Gasteiger charge is -2.13. The third-order valence-corrected chi connectivity index (χ3v) is 4.17. The lowest BCUT2D eigenvalue weighted by molar-refractivity contribution is -0.143. The van der Waals surface area contributed by atoms with Crippen molar-refractivity contribution in [3.05, 3.63) is 76.6 Å². The van der Waals surface area contributed by atoms with Gasteiger partial charge in [0.05, 0.1) is 30.1 Å². The summed E-state index contributed by atoms with van der Waals surface area (Å²) in [6.07, 6.45) is -3.99. The number of methoxy groups -OCH3 is 1. The van der Waals surface area contributed by atoms with Crippen LogP contribution in [0.3, 0.4) is 0 Å². The highest BCUT2D eigenvalue weighted by molar-refractivity contribution is 6.30. The molecule has 1 heterocycles. The Morgan fingerprint density at radius 1 is 1.07 bits per heavy atom. The average Bonchev–Trinajstić information content (AvgIpc) is 3.14. The minimum Gasteiger partial charge on any atom is -0.465 e. The zero-order valence-corrected chi connectivity index (χ0v) is 15.6. The van der Waals surface area contributed by atoms with Crippen LogP contribution in [0.4, 0.5) is 18.9 Å². The Kier molecular flexibility index (Phi) is 5.60. The van der Waals surface area contributed by atoms with Crippen LogP contribution in [0.1, 0.15) is 26.4 Å². The van der Waals surface area contributed by atoms with E-state index in [-0.39, 0.29) is 16.9 Å². The molecular weight excluding hydrogens is 411 g/mol. The fourth-order valence-corrected chi connectivity index (χ4v) is 2.70. The number of esters is 1. The first kappa shape index (κ1) is 20.4. The maximum atomic E-state index is 13.7. The van der Waals surface area contributed by atoms with Crippen molar-refractivity contribution in [1.29, 1.82) is 0 Å². The van der Waals surface area contributed by atoms with Gasteiger partial charge in [-0.05, 0) is 48.5 Å². The fourth-order valence-electron chi connectivity index (χ4n) is 2.57. The highest BCUT2D eigenvalue weighted by atomic mass is 35.5. The van der Waals surface area contributed by atoms with Crippen LogP contribution in [-0.2, 0) is 10.9 Å². The number of nitrogens with one attached hydrogen (secondary N) is 1. The van der Waals surface area contributed by atoms with Gasteiger partial charge in [0, 0.05) is 10.7 Å². The molecule has 1 amide bonds. The van der Waals surface area contributed by atoms with E-state index in [9.17, 15) is 22.8 Å². The summed E-state index contributed by atoms with van der Waals surface area (Å²) in [4.78, 5) is 23.9. The third kappa shape index (κ3) is 4.40. The number of halogens is 4. The number of rotatable bonds is 4. The van der Waals surface area contributed by atoms with Gasteiger partial charge in [0.2, 0.25) is 0 Å². The van der Waals surface area contributed by atoms with Crippen LogP contribution in [-0.4, -0.2) is 28.8 Å². The van der Waals surface area contributed by atoms with Crippen molar-refractivity contribution in [2.75, 3.05) is 12.4 Å². The highest BCUT2D eigenvalue weighted by Crippen LogP contribution is 2.34. The number of aromatic nitrogens is 2. The van der Waals surface area contributed by atoms with Gasteiger partial charge in [-0.25, -0.2) is 9.48 Å². The summed E-state index contributed by atoms with van der Waals surface area (Å²) in [5, 5.41) is 6.44. The molecule has 0 fully saturated rings. The molecule has 0 saturated carbocycles. The average molecular weight is 424 g/mol. The number of carbonyl (C=O) groups is 2. The summed E-state index contributed by atoms with van der Waals surface area (Å²) >= 11 is 5.77. The maximum absolute atomic E-state index is 13.7. The molecule has 3 aromatic rings. The van der Waals surface area contributed by atoms with E-state index in [4.69, 9.17) is 11.6 Å². The largest absolute Gasteiger partial charge is 0.465 e. The molecule has 29 heavy (non-hydrogen) atoms. The van der Waals surface area contributed by atoms with Crippen molar-refractivity contribution in [3.63, 3.8) is 0 Å². The summed E-state index contributed by atoms with van der Waals surface area (Å²) in [6, 6.07) is 11.1. The van der Waals surface area contributed by atoms with Crippen LogP contribution in [0.5, 0.6) is 0 Å². The van der Waals surface area contributed by atoms with E-state index in [0.29, 0.717) is 9.70 Å². The maximum Gasteiger partial charge on any atom is 0.434 e. The second kappa shape index (κ2) is 7.96. The van der Waals surface area contributed by atoms with Gasteiger partial charge in [0.1, 0.15) is 0 Å². The van der Waals surface area contributed by atoms with Crippen LogP contribution in [0.2, 0.25) is 5.02 Å². The lowest BCUT2D eigenvalue weighted by Crippen LogP contribution is -2.20. The number of anilines is 1. The van der Waals surface area contributed by atoms with Crippen LogP contribution in [0, 0.1) is 0 Å². The standard InChI is InChI=1S/C19H13ClF3N3O3/c1-29-18(28)11-2-6-13(7-3-11)25-17(27)15-10-24-26(16(15)19(21,22)23)14-8-4-12(20)5-9-14/h2-10H,1H3,(H,25,27). The van der Waals surface area contributed by atoms with Crippen LogP contribution in [0.25, 0.3) is 5.69 Å². The number of amides is 1. The minimum atomic E-state index is -4.84. The Balaban J connectivity index is 1.93. The molecule has 0 aliphatic rings. The number of ether oxygens (including phenoxy) is 1. The number of carbonyl (C=O) groups excluding carboxylic acids is 2. The van der Waals surface area contributed by atoms with Crippen molar-refractivity contribution < 1.29 is 27.5 Å². The van der Waals surface area contributed by atoms with Crippen LogP contribution < -0.4 is 5.32 Å². The quantitative estimate of drug-likeness (QED) is 0.623. The molecular formula is C19H13ClF3N3O3. The Morgan fingerprint density at radius 2 is 1.69 bits per heavy atom. The smallest absolute Gasteiger partial charge is 0.434 e. The zero-order valence-electron chi connectivity index (χ0n) is 14.8. The Labute approximate surface area is 167 Å². The molecule has 0 aliphatic heterocycles. The zero-order chi connectivity index (χ0) is 21.2. The SMILES string of the molecule is COC(=O)c1ccc(NC(=O)c2cnn(-c3ccc(Cl)cc3)c2C(F)(F)F)cc1. The fraction of sp³-hybridized carbons (Fsp3) is 0.105. The second-order valence-corrected chi connectivity index (χ2v) is 6.25. The Hall–Kier alpha value is -3.33. The third-order valence-electron chi connectivity index (χ3n) is 3.92. The van der Waals surface area contributed by atoms with E-state index in [0.717, 1.165) is 6.20 Å². The molecule has 0 unspecified atom stereocenters. The van der Waals surface area contributed by atoms with Gasteiger partial charge in [-0.15, -0.1) is 0 Å². The molecule has 1 aromatic heterocycles. The van der Waals surface area contributed by atoms with E-state index < -0.39 is 29.3 Å². The summed E-state index contributed by atoms with van der Waals surface area (Å²) in [5.41, 5.74) is -1.33. The Bertz CT molecular complexity index is 1050. The van der Waals surface area contributed by atoms with Crippen LogP contribution in [0.15, 0.2) is 54.7 Å². The second-order valence-electron chi connectivity index (χ2n) is 5.82. The van der Waals surface area contributed by atoms with E-state index in [1.165, 1.54) is 55.6 Å². The predicted molar refractivity (Wildman–Crippen MR) is 99.3 cm³/mol. The summed E-state index contributed by atoms with van der Waals surface area (Å²) in [5.74, 6) is -1.57. The molecule has 150 valence electrons. The minimum absolute atomic E-state index is 0.100. The first-order valence-corrected chi connectivity index (χ1v) is 8.49. The van der Waals surface area contributed by atoms with Crippen molar-refractivity contribution in [3.8, 4) is 5.69 Å². The topological polar surface area (TPSA) is 73.2 Å². The van der Waals surface area contributed by atoms with E-state index in [1.54, 1.807) is 0 Å². The van der Waals surface area contributed by atoms with Gasteiger partial charge in [-0.1, -0.05) is 11.6 Å². The van der Waals surface area contributed by atoms with E-state index >= 15 is 0 Å². The van der Waals surface area contributed by atoms with E-state index in [1.807, 2.05) is 0 Å². The van der Waals surface area contributed by atoms with Gasteiger partial charge >= 0.3 is 12.1 Å². The van der Waals surface area contributed by atoms with Gasteiger partial charge < -0.3 is 10.1 Å². The van der Waals surface area contributed by atoms with Crippen molar-refractivity contribution in [2.24, 2.45) is 0 Å². The number of nitrogens with zero attached hydrogens (tertiary/aromatic N) is 2. The van der Waals surface area contributed by atoms with Gasteiger partial charge in [-0.3, -0.25) is 4.79 Å². The number of alkyl halides is 3. The normalized spacial score (nSPS) is 11.2. The molecule has 0 saturated heterocycles. The summed E-state index contributed by atoms with van der Waals surface area (Å²) in [7, 11) is 1.22. The van der Waals surface area contributed by atoms with Gasteiger partial charge in [-0.2, -0.15) is 18.3 Å². The van der Waals surface area contributed by atoms with Crippen molar-refractivity contribution in [2.45, 2.75) is 6.18 Å². The number of hydrogen-bond donors (Lipinski definition) is 1. The molecule has 1 N–H and O–H groups in total. The molecule has 10 heteroatoms. The lowest BCUT2D eigenvalue weighted by atomic mass is 10.2. The monoisotopic (exact) mass is 423 g/mol. The first-order chi connectivity index (χ1) is 13.7. The highest BCUT2D eigenvalue weighted by Gasteiger charge is 2.40. The van der Waals surface area contributed by atoms with Gasteiger partial charge in [0.15, 0.2) is 5.69 Å². The number of hydrogen-bond acceptors (Lipinski definition) is 4. The number of benzene rings is 2. The first-order valence-electron chi connectivity index (χ1n) is 8.11. The van der Waals surface area contributed by atoms with Crippen LogP contribution >= 0.6 is 11.6 Å². The van der Waals surface area contributed by atoms with Crippen molar-refractivity contribution in [1.82, 2.24) is 9.78 Å². The molecule has 0 aliphatic carbocycles.